The van der Waals surface area contributed by atoms with E-state index in [1.165, 1.54) is 12.3 Å². The lowest BCUT2D eigenvalue weighted by molar-refractivity contribution is 0.103. The Kier molecular flexibility index (Phi) is 5.36. The van der Waals surface area contributed by atoms with Crippen LogP contribution in [0.2, 0.25) is 0 Å². The van der Waals surface area contributed by atoms with E-state index in [-0.39, 0.29) is 5.78 Å². The zero-order valence-electron chi connectivity index (χ0n) is 14.1. The van der Waals surface area contributed by atoms with Crippen LogP contribution in [0.25, 0.3) is 5.65 Å². The van der Waals surface area contributed by atoms with Gasteiger partial charge in [-0.3, -0.25) is 9.20 Å². The first-order valence-electron chi connectivity index (χ1n) is 8.10. The van der Waals surface area contributed by atoms with Gasteiger partial charge in [-0.15, -0.1) is 0 Å². The SMILES string of the molecule is CCCCc1nc2ccc(F)cn2c1C(=O)c1ccc(OC)c(I)c1. The van der Waals surface area contributed by atoms with Gasteiger partial charge in [0.15, 0.2) is 0 Å². The lowest BCUT2D eigenvalue weighted by Gasteiger charge is -2.07. The molecule has 0 radical (unpaired) electrons. The van der Waals surface area contributed by atoms with Gasteiger partial charge >= 0.3 is 0 Å². The molecule has 0 atom stereocenters. The average molecular weight is 452 g/mol. The highest BCUT2D eigenvalue weighted by Gasteiger charge is 2.21. The van der Waals surface area contributed by atoms with Crippen LogP contribution in [-0.2, 0) is 6.42 Å². The Morgan fingerprint density at radius 1 is 1.32 bits per heavy atom. The Morgan fingerprint density at radius 2 is 2.12 bits per heavy atom. The van der Waals surface area contributed by atoms with E-state index in [1.807, 2.05) is 0 Å². The molecule has 1 aromatic carbocycles. The minimum absolute atomic E-state index is 0.162. The molecule has 3 aromatic rings. The standard InChI is InChI=1S/C19H18FIN2O2/c1-3-4-5-15-18(23-11-13(20)7-9-17(23)22-15)19(24)12-6-8-16(25-2)14(21)10-12/h6-11H,3-5H2,1-2H3. The number of nitrogens with zero attached hydrogens (tertiary/aromatic N) is 2. The van der Waals surface area contributed by atoms with Crippen molar-refractivity contribution in [3.8, 4) is 5.75 Å². The summed E-state index contributed by atoms with van der Waals surface area (Å²) in [5.41, 5.74) is 2.26. The molecular formula is C19H18FIN2O2. The number of aryl methyl sites for hydroxylation is 1. The van der Waals surface area contributed by atoms with E-state index in [2.05, 4.69) is 34.5 Å². The number of pyridine rings is 1. The number of halogens is 2. The summed E-state index contributed by atoms with van der Waals surface area (Å²) in [5, 5.41) is 0. The molecule has 0 unspecified atom stereocenters. The molecule has 6 heteroatoms. The van der Waals surface area contributed by atoms with E-state index in [0.717, 1.165) is 16.4 Å². The largest absolute Gasteiger partial charge is 0.496 e. The summed E-state index contributed by atoms with van der Waals surface area (Å²) in [7, 11) is 1.59. The monoisotopic (exact) mass is 452 g/mol. The normalized spacial score (nSPS) is 11.0. The van der Waals surface area contributed by atoms with Crippen LogP contribution in [0, 0.1) is 9.39 Å². The molecule has 0 N–H and O–H groups in total. The smallest absolute Gasteiger partial charge is 0.211 e. The van der Waals surface area contributed by atoms with E-state index in [4.69, 9.17) is 4.74 Å². The van der Waals surface area contributed by atoms with Crippen molar-refractivity contribution in [1.29, 1.82) is 0 Å². The molecule has 0 aliphatic carbocycles. The van der Waals surface area contributed by atoms with Crippen molar-refractivity contribution in [1.82, 2.24) is 9.38 Å². The molecule has 0 bridgehead atoms. The zero-order valence-corrected chi connectivity index (χ0v) is 16.2. The van der Waals surface area contributed by atoms with Gasteiger partial charge in [0, 0.05) is 11.8 Å². The Hall–Kier alpha value is -1.96. The van der Waals surface area contributed by atoms with Gasteiger partial charge in [0.05, 0.1) is 16.4 Å². The lowest BCUT2D eigenvalue weighted by Crippen LogP contribution is -2.09. The fourth-order valence-corrected chi connectivity index (χ4v) is 3.51. The number of ketones is 1. The van der Waals surface area contributed by atoms with Gasteiger partial charge in [-0.05, 0) is 65.8 Å². The molecule has 0 aliphatic rings. The lowest BCUT2D eigenvalue weighted by atomic mass is 10.0. The fraction of sp³-hybridized carbons (Fsp3) is 0.263. The number of rotatable bonds is 6. The molecule has 0 saturated carbocycles. The molecular weight excluding hydrogens is 434 g/mol. The number of methoxy groups -OCH3 is 1. The summed E-state index contributed by atoms with van der Waals surface area (Å²) in [4.78, 5) is 17.7. The number of hydrogen-bond donors (Lipinski definition) is 0. The number of unbranched alkanes of at least 4 members (excludes halogenated alkanes) is 1. The summed E-state index contributed by atoms with van der Waals surface area (Å²) in [6.07, 6.45) is 3.93. The predicted molar refractivity (Wildman–Crippen MR) is 103 cm³/mol. The third kappa shape index (κ3) is 3.53. The summed E-state index contributed by atoms with van der Waals surface area (Å²) >= 11 is 2.13. The average Bonchev–Trinajstić information content (AvgIpc) is 2.96. The van der Waals surface area contributed by atoms with Gasteiger partial charge in [0.2, 0.25) is 5.78 Å². The van der Waals surface area contributed by atoms with Gasteiger partial charge in [0.1, 0.15) is 22.9 Å². The summed E-state index contributed by atoms with van der Waals surface area (Å²) in [6, 6.07) is 8.23. The van der Waals surface area contributed by atoms with E-state index in [1.54, 1.807) is 35.8 Å². The summed E-state index contributed by atoms with van der Waals surface area (Å²) in [5.74, 6) is 0.155. The van der Waals surface area contributed by atoms with Crippen molar-refractivity contribution < 1.29 is 13.9 Å². The number of benzene rings is 1. The van der Waals surface area contributed by atoms with Crippen LogP contribution >= 0.6 is 22.6 Å². The number of carbonyl (C=O) groups excluding carboxylic acids is 1. The van der Waals surface area contributed by atoms with Gasteiger partial charge in [0.25, 0.3) is 0 Å². The first kappa shape index (κ1) is 17.8. The molecule has 4 nitrogen and oxygen atoms in total. The van der Waals surface area contributed by atoms with Crippen molar-refractivity contribution in [3.05, 3.63) is 62.9 Å². The third-order valence-electron chi connectivity index (χ3n) is 4.05. The molecule has 3 rings (SSSR count). The van der Waals surface area contributed by atoms with Crippen molar-refractivity contribution >= 4 is 34.0 Å². The highest BCUT2D eigenvalue weighted by Crippen LogP contribution is 2.25. The second-order valence-corrected chi connectivity index (χ2v) is 6.93. The molecule has 0 saturated heterocycles. The van der Waals surface area contributed by atoms with Gasteiger partial charge in [-0.2, -0.15) is 0 Å². The van der Waals surface area contributed by atoms with Crippen LogP contribution in [0.4, 0.5) is 4.39 Å². The van der Waals surface area contributed by atoms with Crippen molar-refractivity contribution in [2.24, 2.45) is 0 Å². The van der Waals surface area contributed by atoms with Crippen LogP contribution in [0.1, 0.15) is 41.5 Å². The van der Waals surface area contributed by atoms with Gasteiger partial charge in [-0.25, -0.2) is 9.37 Å². The third-order valence-corrected chi connectivity index (χ3v) is 4.89. The number of aromatic nitrogens is 2. The van der Waals surface area contributed by atoms with E-state index in [0.29, 0.717) is 34.8 Å². The van der Waals surface area contributed by atoms with Crippen molar-refractivity contribution in [3.63, 3.8) is 0 Å². The first-order valence-corrected chi connectivity index (χ1v) is 9.17. The quantitative estimate of drug-likeness (QED) is 0.404. The van der Waals surface area contributed by atoms with Gasteiger partial charge in [-0.1, -0.05) is 13.3 Å². The maximum absolute atomic E-state index is 13.7. The van der Waals surface area contributed by atoms with Crippen molar-refractivity contribution in [2.45, 2.75) is 26.2 Å². The van der Waals surface area contributed by atoms with E-state index < -0.39 is 5.82 Å². The first-order chi connectivity index (χ1) is 12.0. The number of ether oxygens (including phenoxy) is 1. The molecule has 0 amide bonds. The Morgan fingerprint density at radius 3 is 2.80 bits per heavy atom. The predicted octanol–water partition coefficient (Wildman–Crippen LogP) is 4.66. The second-order valence-electron chi connectivity index (χ2n) is 5.76. The van der Waals surface area contributed by atoms with Crippen LogP contribution < -0.4 is 4.74 Å². The molecule has 25 heavy (non-hydrogen) atoms. The van der Waals surface area contributed by atoms with Crippen LogP contribution in [-0.4, -0.2) is 22.3 Å². The Labute approximate surface area is 159 Å². The summed E-state index contributed by atoms with van der Waals surface area (Å²) in [6.45, 7) is 2.09. The van der Waals surface area contributed by atoms with E-state index >= 15 is 0 Å². The van der Waals surface area contributed by atoms with Gasteiger partial charge < -0.3 is 4.74 Å². The van der Waals surface area contributed by atoms with E-state index in [9.17, 15) is 9.18 Å². The second kappa shape index (κ2) is 7.51. The van der Waals surface area contributed by atoms with Crippen LogP contribution in [0.5, 0.6) is 5.75 Å². The molecule has 130 valence electrons. The Bertz CT molecular complexity index is 937. The topological polar surface area (TPSA) is 43.6 Å². The highest BCUT2D eigenvalue weighted by atomic mass is 127. The molecule has 0 fully saturated rings. The summed E-state index contributed by atoms with van der Waals surface area (Å²) < 4.78 is 21.4. The van der Waals surface area contributed by atoms with Crippen molar-refractivity contribution in [2.75, 3.05) is 7.11 Å². The molecule has 2 aromatic heterocycles. The Balaban J connectivity index is 2.13. The minimum Gasteiger partial charge on any atom is -0.496 e. The molecule has 0 spiro atoms. The molecule has 0 aliphatic heterocycles. The number of fused-ring (bicyclic) bond motifs is 1. The maximum atomic E-state index is 13.7. The zero-order chi connectivity index (χ0) is 18.0. The maximum Gasteiger partial charge on any atom is 0.211 e. The number of hydrogen-bond acceptors (Lipinski definition) is 3. The van der Waals surface area contributed by atoms with Crippen LogP contribution in [0.15, 0.2) is 36.5 Å². The fourth-order valence-electron chi connectivity index (χ4n) is 2.77. The molecule has 2 heterocycles. The van der Waals surface area contributed by atoms with Crippen LogP contribution in [0.3, 0.4) is 0 Å². The number of imidazole rings is 1. The minimum atomic E-state index is -0.398. The number of carbonyl (C=O) groups is 1. The highest BCUT2D eigenvalue weighted by molar-refractivity contribution is 14.1.